The second kappa shape index (κ2) is 6.39. The van der Waals surface area contributed by atoms with Gasteiger partial charge in [0.05, 0.1) is 18.8 Å². The van der Waals surface area contributed by atoms with Crippen LogP contribution in [0, 0.1) is 0 Å². The van der Waals surface area contributed by atoms with E-state index in [4.69, 9.17) is 11.6 Å². The molecule has 0 spiro atoms. The van der Waals surface area contributed by atoms with Gasteiger partial charge in [0.2, 0.25) is 5.91 Å². The minimum Gasteiger partial charge on any atom is -0.341 e. The van der Waals surface area contributed by atoms with Gasteiger partial charge in [-0.05, 0) is 26.2 Å². The fourth-order valence-electron chi connectivity index (χ4n) is 2.31. The molecule has 2 rings (SSSR count). The van der Waals surface area contributed by atoms with Crippen molar-refractivity contribution in [1.29, 1.82) is 0 Å². The molecule has 0 radical (unpaired) electrons. The van der Waals surface area contributed by atoms with Crippen LogP contribution in [0.3, 0.4) is 0 Å². The summed E-state index contributed by atoms with van der Waals surface area (Å²) in [4.78, 5) is 18.4. The number of nitrogens with zero attached hydrogens (tertiary/aromatic N) is 3. The minimum absolute atomic E-state index is 0.181. The summed E-state index contributed by atoms with van der Waals surface area (Å²) in [6.45, 7) is 4.23. The molecule has 19 heavy (non-hydrogen) atoms. The predicted octanol–water partition coefficient (Wildman–Crippen LogP) is 1.56. The number of aromatic nitrogens is 2. The van der Waals surface area contributed by atoms with Gasteiger partial charge < -0.3 is 9.47 Å². The maximum Gasteiger partial charge on any atom is 0.239 e. The van der Waals surface area contributed by atoms with Crippen LogP contribution in [-0.2, 0) is 18.4 Å². The lowest BCUT2D eigenvalue weighted by Gasteiger charge is -2.29. The Morgan fingerprint density at radius 3 is 2.74 bits per heavy atom. The number of carbonyl (C=O) groups excluding carboxylic acids is 1. The number of imidazole rings is 1. The molecule has 1 amide bonds. The van der Waals surface area contributed by atoms with Crippen LogP contribution in [0.15, 0.2) is 6.20 Å². The lowest BCUT2D eigenvalue weighted by molar-refractivity contribution is -0.133. The zero-order chi connectivity index (χ0) is 13.8. The lowest BCUT2D eigenvalue weighted by Crippen LogP contribution is -2.46. The molecule has 1 fully saturated rings. The van der Waals surface area contributed by atoms with Crippen molar-refractivity contribution in [2.24, 2.45) is 7.05 Å². The van der Waals surface area contributed by atoms with Crippen molar-refractivity contribution in [3.05, 3.63) is 17.2 Å². The Morgan fingerprint density at radius 2 is 2.16 bits per heavy atom. The molecule has 6 heteroatoms. The molecule has 1 aliphatic rings. The van der Waals surface area contributed by atoms with Crippen molar-refractivity contribution in [3.8, 4) is 0 Å². The van der Waals surface area contributed by atoms with Crippen LogP contribution in [0.1, 0.15) is 32.0 Å². The van der Waals surface area contributed by atoms with E-state index in [2.05, 4.69) is 10.3 Å². The molecule has 1 aromatic rings. The Balaban J connectivity index is 1.85. The molecule has 5 nitrogen and oxygen atoms in total. The molecule has 2 heterocycles. The standard InChI is InChI=1S/C13H21ClN4O/c1-10(13(19)18-6-4-3-5-7-18)15-9-12-16-8-11(14)17(12)2/h8,10,15H,3-7,9H2,1-2H3. The van der Waals surface area contributed by atoms with Crippen LogP contribution in [0.2, 0.25) is 5.15 Å². The summed E-state index contributed by atoms with van der Waals surface area (Å²) < 4.78 is 1.81. The molecule has 106 valence electrons. The first-order valence-corrected chi connectivity index (χ1v) is 7.15. The number of rotatable bonds is 4. The molecule has 1 saturated heterocycles. The first-order chi connectivity index (χ1) is 9.09. The Kier molecular flexibility index (Phi) is 4.82. The number of hydrogen-bond donors (Lipinski definition) is 1. The van der Waals surface area contributed by atoms with Gasteiger partial charge in [0, 0.05) is 20.1 Å². The Hall–Kier alpha value is -1.07. The molecule has 0 saturated carbocycles. The molecular weight excluding hydrogens is 264 g/mol. The second-order valence-corrected chi connectivity index (χ2v) is 5.43. The molecule has 1 atom stereocenters. The number of piperidine rings is 1. The summed E-state index contributed by atoms with van der Waals surface area (Å²) in [7, 11) is 1.86. The van der Waals surface area contributed by atoms with Gasteiger partial charge in [-0.15, -0.1) is 0 Å². The monoisotopic (exact) mass is 284 g/mol. The van der Waals surface area contributed by atoms with Gasteiger partial charge in [-0.1, -0.05) is 11.6 Å². The van der Waals surface area contributed by atoms with Crippen LogP contribution in [0.5, 0.6) is 0 Å². The highest BCUT2D eigenvalue weighted by Crippen LogP contribution is 2.11. The molecule has 1 aliphatic heterocycles. The van der Waals surface area contributed by atoms with Crippen molar-refractivity contribution in [1.82, 2.24) is 19.8 Å². The fraction of sp³-hybridized carbons (Fsp3) is 0.692. The fourth-order valence-corrected chi connectivity index (χ4v) is 2.45. The maximum atomic E-state index is 12.2. The number of hydrogen-bond acceptors (Lipinski definition) is 3. The molecule has 1 aromatic heterocycles. The Bertz CT molecular complexity index is 440. The average molecular weight is 285 g/mol. The third kappa shape index (κ3) is 3.48. The van der Waals surface area contributed by atoms with Crippen LogP contribution in [0.25, 0.3) is 0 Å². The molecule has 1 N–H and O–H groups in total. The van der Waals surface area contributed by atoms with Gasteiger partial charge in [-0.2, -0.15) is 0 Å². The van der Waals surface area contributed by atoms with E-state index in [9.17, 15) is 4.79 Å². The minimum atomic E-state index is -0.187. The summed E-state index contributed by atoms with van der Waals surface area (Å²) in [5.74, 6) is 1.02. The third-order valence-corrected chi connectivity index (χ3v) is 3.98. The zero-order valence-corrected chi connectivity index (χ0v) is 12.3. The van der Waals surface area contributed by atoms with E-state index < -0.39 is 0 Å². The zero-order valence-electron chi connectivity index (χ0n) is 11.5. The van der Waals surface area contributed by atoms with E-state index in [1.54, 1.807) is 6.20 Å². The topological polar surface area (TPSA) is 50.2 Å². The molecule has 0 aromatic carbocycles. The summed E-state index contributed by atoms with van der Waals surface area (Å²) in [5.41, 5.74) is 0. The summed E-state index contributed by atoms with van der Waals surface area (Å²) in [5, 5.41) is 3.82. The highest BCUT2D eigenvalue weighted by Gasteiger charge is 2.21. The van der Waals surface area contributed by atoms with E-state index in [0.29, 0.717) is 11.7 Å². The van der Waals surface area contributed by atoms with E-state index in [-0.39, 0.29) is 11.9 Å². The number of nitrogens with one attached hydrogen (secondary N) is 1. The smallest absolute Gasteiger partial charge is 0.239 e. The predicted molar refractivity (Wildman–Crippen MR) is 75.0 cm³/mol. The first-order valence-electron chi connectivity index (χ1n) is 6.78. The normalized spacial score (nSPS) is 17.5. The summed E-state index contributed by atoms with van der Waals surface area (Å²) in [6, 6.07) is -0.187. The highest BCUT2D eigenvalue weighted by atomic mass is 35.5. The van der Waals surface area contributed by atoms with Gasteiger partial charge >= 0.3 is 0 Å². The van der Waals surface area contributed by atoms with Crippen LogP contribution in [0.4, 0.5) is 0 Å². The SMILES string of the molecule is CC(NCc1ncc(Cl)n1C)C(=O)N1CCCCC1. The van der Waals surface area contributed by atoms with Gasteiger partial charge in [-0.25, -0.2) is 4.98 Å². The van der Waals surface area contributed by atoms with Crippen molar-refractivity contribution >= 4 is 17.5 Å². The number of likely N-dealkylation sites (tertiary alicyclic amines) is 1. The number of halogens is 1. The van der Waals surface area contributed by atoms with E-state index >= 15 is 0 Å². The van der Waals surface area contributed by atoms with Crippen molar-refractivity contribution in [3.63, 3.8) is 0 Å². The largest absolute Gasteiger partial charge is 0.341 e. The number of amides is 1. The van der Waals surface area contributed by atoms with Crippen molar-refractivity contribution < 1.29 is 4.79 Å². The second-order valence-electron chi connectivity index (χ2n) is 5.04. The summed E-state index contributed by atoms with van der Waals surface area (Å²) >= 11 is 5.93. The van der Waals surface area contributed by atoms with Crippen LogP contribution in [-0.4, -0.2) is 39.5 Å². The van der Waals surface area contributed by atoms with Crippen molar-refractivity contribution in [2.45, 2.75) is 38.8 Å². The van der Waals surface area contributed by atoms with Gasteiger partial charge in [-0.3, -0.25) is 10.1 Å². The van der Waals surface area contributed by atoms with Crippen LogP contribution >= 0.6 is 11.6 Å². The van der Waals surface area contributed by atoms with Gasteiger partial charge in [0.15, 0.2) is 0 Å². The Morgan fingerprint density at radius 1 is 1.47 bits per heavy atom. The van der Waals surface area contributed by atoms with Gasteiger partial charge in [0.1, 0.15) is 11.0 Å². The number of carbonyl (C=O) groups is 1. The van der Waals surface area contributed by atoms with E-state index in [1.165, 1.54) is 6.42 Å². The average Bonchev–Trinajstić information content (AvgIpc) is 2.76. The summed E-state index contributed by atoms with van der Waals surface area (Å²) in [6.07, 6.45) is 5.09. The third-order valence-electron chi connectivity index (χ3n) is 3.63. The first kappa shape index (κ1) is 14.3. The highest BCUT2D eigenvalue weighted by molar-refractivity contribution is 6.29. The maximum absolute atomic E-state index is 12.2. The van der Waals surface area contributed by atoms with E-state index in [0.717, 1.165) is 31.8 Å². The van der Waals surface area contributed by atoms with Crippen molar-refractivity contribution in [2.75, 3.05) is 13.1 Å². The van der Waals surface area contributed by atoms with Crippen LogP contribution < -0.4 is 5.32 Å². The molecular formula is C13H21ClN4O. The Labute approximate surface area is 118 Å². The van der Waals surface area contributed by atoms with Gasteiger partial charge in [0.25, 0.3) is 0 Å². The molecule has 0 aliphatic carbocycles. The molecule has 0 bridgehead atoms. The quantitative estimate of drug-likeness (QED) is 0.913. The van der Waals surface area contributed by atoms with E-state index in [1.807, 2.05) is 23.4 Å². The lowest BCUT2D eigenvalue weighted by atomic mass is 10.1. The molecule has 1 unspecified atom stereocenters.